The van der Waals surface area contributed by atoms with Gasteiger partial charge >= 0.3 is 5.97 Å². The lowest BCUT2D eigenvalue weighted by molar-refractivity contribution is -0.143. The number of carboxylic acid groups (broad SMARTS) is 1. The van der Waals surface area contributed by atoms with Crippen LogP contribution in [0, 0.1) is 17.8 Å². The molecule has 17 heavy (non-hydrogen) atoms. The van der Waals surface area contributed by atoms with Crippen molar-refractivity contribution >= 4 is 11.8 Å². The molecule has 2 saturated carbocycles. The van der Waals surface area contributed by atoms with Gasteiger partial charge in [0.15, 0.2) is 0 Å². The van der Waals surface area contributed by atoms with Crippen LogP contribution in [0.25, 0.3) is 0 Å². The van der Waals surface area contributed by atoms with Crippen molar-refractivity contribution in [3.05, 3.63) is 18.6 Å². The lowest BCUT2D eigenvalue weighted by Crippen LogP contribution is -2.39. The molecular formula is C12H15N3O2. The Morgan fingerprint density at radius 3 is 2.88 bits per heavy atom. The third kappa shape index (κ3) is 1.75. The fourth-order valence-electron chi connectivity index (χ4n) is 3.40. The summed E-state index contributed by atoms with van der Waals surface area (Å²) in [4.78, 5) is 19.5. The SMILES string of the molecule is O=C(O)C1C2CCC(C2)C1Nc1cnccn1. The van der Waals surface area contributed by atoms with E-state index in [1.807, 2.05) is 0 Å². The summed E-state index contributed by atoms with van der Waals surface area (Å²) in [6.45, 7) is 0. The Morgan fingerprint density at radius 2 is 2.18 bits per heavy atom. The first-order valence-corrected chi connectivity index (χ1v) is 6.01. The number of carbonyl (C=O) groups is 1. The van der Waals surface area contributed by atoms with Crippen molar-refractivity contribution in [2.24, 2.45) is 17.8 Å². The summed E-state index contributed by atoms with van der Waals surface area (Å²) in [5.74, 6) is 0.542. The van der Waals surface area contributed by atoms with Gasteiger partial charge in [-0.15, -0.1) is 0 Å². The fraction of sp³-hybridized carbons (Fsp3) is 0.583. The zero-order valence-corrected chi connectivity index (χ0v) is 9.41. The molecule has 0 aromatic carbocycles. The van der Waals surface area contributed by atoms with Crippen LogP contribution in [0.15, 0.2) is 18.6 Å². The Morgan fingerprint density at radius 1 is 1.35 bits per heavy atom. The lowest BCUT2D eigenvalue weighted by atomic mass is 9.84. The number of hydrogen-bond acceptors (Lipinski definition) is 4. The molecule has 90 valence electrons. The topological polar surface area (TPSA) is 75.1 Å². The Kier molecular flexibility index (Phi) is 2.46. The molecule has 1 heterocycles. The van der Waals surface area contributed by atoms with E-state index in [4.69, 9.17) is 0 Å². The van der Waals surface area contributed by atoms with Crippen molar-refractivity contribution < 1.29 is 9.90 Å². The molecule has 4 unspecified atom stereocenters. The van der Waals surface area contributed by atoms with E-state index in [0.29, 0.717) is 17.7 Å². The molecule has 1 aromatic rings. The predicted molar refractivity (Wildman–Crippen MR) is 61.4 cm³/mol. The van der Waals surface area contributed by atoms with Crippen LogP contribution < -0.4 is 5.32 Å². The van der Waals surface area contributed by atoms with Gasteiger partial charge in [-0.1, -0.05) is 0 Å². The summed E-state index contributed by atoms with van der Waals surface area (Å²) in [6.07, 6.45) is 8.10. The van der Waals surface area contributed by atoms with Gasteiger partial charge in [0.25, 0.3) is 0 Å². The summed E-state index contributed by atoms with van der Waals surface area (Å²) < 4.78 is 0. The number of hydrogen-bond donors (Lipinski definition) is 2. The van der Waals surface area contributed by atoms with Crippen LogP contribution >= 0.6 is 0 Å². The highest BCUT2D eigenvalue weighted by molar-refractivity contribution is 5.73. The van der Waals surface area contributed by atoms with Crippen molar-refractivity contribution in [1.82, 2.24) is 9.97 Å². The summed E-state index contributed by atoms with van der Waals surface area (Å²) >= 11 is 0. The van der Waals surface area contributed by atoms with Crippen molar-refractivity contribution in [2.45, 2.75) is 25.3 Å². The van der Waals surface area contributed by atoms with Gasteiger partial charge in [0.05, 0.1) is 12.1 Å². The van der Waals surface area contributed by atoms with Gasteiger partial charge in [-0.2, -0.15) is 0 Å². The second-order valence-electron chi connectivity index (χ2n) is 4.96. The average Bonchev–Trinajstić information content (AvgIpc) is 2.90. The fourth-order valence-corrected chi connectivity index (χ4v) is 3.40. The molecule has 2 bridgehead atoms. The van der Waals surface area contributed by atoms with Crippen LogP contribution in [-0.4, -0.2) is 27.1 Å². The van der Waals surface area contributed by atoms with E-state index in [0.717, 1.165) is 19.3 Å². The van der Waals surface area contributed by atoms with E-state index in [1.165, 1.54) is 0 Å². The largest absolute Gasteiger partial charge is 0.481 e. The first-order chi connectivity index (χ1) is 8.25. The zero-order valence-electron chi connectivity index (χ0n) is 9.41. The van der Waals surface area contributed by atoms with Crippen LogP contribution in [0.2, 0.25) is 0 Å². The highest BCUT2D eigenvalue weighted by Crippen LogP contribution is 2.49. The Labute approximate surface area is 99.3 Å². The minimum absolute atomic E-state index is 0.0166. The number of carboxylic acids is 1. The third-order valence-corrected chi connectivity index (χ3v) is 4.08. The van der Waals surface area contributed by atoms with E-state index in [1.54, 1.807) is 18.6 Å². The second-order valence-corrected chi connectivity index (χ2v) is 4.96. The quantitative estimate of drug-likeness (QED) is 0.825. The molecule has 5 nitrogen and oxygen atoms in total. The maximum atomic E-state index is 11.3. The minimum atomic E-state index is -0.682. The molecule has 0 radical (unpaired) electrons. The monoisotopic (exact) mass is 233 g/mol. The summed E-state index contributed by atoms with van der Waals surface area (Å²) in [7, 11) is 0. The predicted octanol–water partition coefficient (Wildman–Crippen LogP) is 1.39. The minimum Gasteiger partial charge on any atom is -0.481 e. The first kappa shape index (κ1) is 10.5. The van der Waals surface area contributed by atoms with Gasteiger partial charge in [0, 0.05) is 18.4 Å². The number of nitrogens with one attached hydrogen (secondary N) is 1. The second kappa shape index (κ2) is 3.98. The van der Waals surface area contributed by atoms with Gasteiger partial charge in [0.2, 0.25) is 0 Å². The summed E-state index contributed by atoms with van der Waals surface area (Å²) in [5, 5.41) is 12.6. The molecule has 0 spiro atoms. The molecule has 4 atom stereocenters. The van der Waals surface area contributed by atoms with E-state index in [-0.39, 0.29) is 12.0 Å². The molecule has 1 aromatic heterocycles. The molecular weight excluding hydrogens is 218 g/mol. The molecule has 3 rings (SSSR count). The van der Waals surface area contributed by atoms with Gasteiger partial charge in [-0.05, 0) is 31.1 Å². The first-order valence-electron chi connectivity index (χ1n) is 6.01. The lowest BCUT2D eigenvalue weighted by Gasteiger charge is -2.29. The van der Waals surface area contributed by atoms with Crippen molar-refractivity contribution in [3.63, 3.8) is 0 Å². The number of nitrogens with zero attached hydrogens (tertiary/aromatic N) is 2. The Balaban J connectivity index is 1.80. The molecule has 2 aliphatic rings. The van der Waals surface area contributed by atoms with Gasteiger partial charge in [-0.3, -0.25) is 9.78 Å². The highest BCUT2D eigenvalue weighted by Gasteiger charge is 2.51. The molecule has 2 N–H and O–H groups in total. The number of fused-ring (bicyclic) bond motifs is 2. The average molecular weight is 233 g/mol. The number of rotatable bonds is 3. The molecule has 0 amide bonds. The normalized spacial score (nSPS) is 34.8. The summed E-state index contributed by atoms with van der Waals surface area (Å²) in [6, 6.07) is 0.0166. The van der Waals surface area contributed by atoms with Crippen molar-refractivity contribution in [1.29, 1.82) is 0 Å². The molecule has 0 saturated heterocycles. The van der Waals surface area contributed by atoms with Crippen LogP contribution in [0.4, 0.5) is 5.82 Å². The molecule has 2 aliphatic carbocycles. The van der Waals surface area contributed by atoms with E-state index >= 15 is 0 Å². The van der Waals surface area contributed by atoms with Crippen LogP contribution in [0.1, 0.15) is 19.3 Å². The molecule has 5 heteroatoms. The molecule has 0 aliphatic heterocycles. The van der Waals surface area contributed by atoms with Crippen molar-refractivity contribution in [2.75, 3.05) is 5.32 Å². The van der Waals surface area contributed by atoms with Crippen LogP contribution in [0.5, 0.6) is 0 Å². The van der Waals surface area contributed by atoms with Gasteiger partial charge in [0.1, 0.15) is 5.82 Å². The Hall–Kier alpha value is -1.65. The third-order valence-electron chi connectivity index (χ3n) is 4.08. The smallest absolute Gasteiger partial charge is 0.308 e. The van der Waals surface area contributed by atoms with Gasteiger partial charge in [-0.25, -0.2) is 4.98 Å². The Bertz CT molecular complexity index is 423. The highest BCUT2D eigenvalue weighted by atomic mass is 16.4. The van der Waals surface area contributed by atoms with E-state index < -0.39 is 5.97 Å². The standard InChI is InChI=1S/C12H15N3O2/c16-12(17)10-7-1-2-8(5-7)11(10)15-9-6-13-3-4-14-9/h3-4,6-8,10-11H,1-2,5H2,(H,14,15)(H,16,17). The molecule has 2 fully saturated rings. The van der Waals surface area contributed by atoms with E-state index in [9.17, 15) is 9.90 Å². The van der Waals surface area contributed by atoms with Crippen molar-refractivity contribution in [3.8, 4) is 0 Å². The van der Waals surface area contributed by atoms with Crippen LogP contribution in [-0.2, 0) is 4.79 Å². The summed E-state index contributed by atoms with van der Waals surface area (Å²) in [5.41, 5.74) is 0. The van der Waals surface area contributed by atoms with Gasteiger partial charge < -0.3 is 10.4 Å². The van der Waals surface area contributed by atoms with E-state index in [2.05, 4.69) is 15.3 Å². The van der Waals surface area contributed by atoms with Crippen LogP contribution in [0.3, 0.4) is 0 Å². The number of aliphatic carboxylic acids is 1. The number of anilines is 1. The maximum Gasteiger partial charge on any atom is 0.308 e. The maximum absolute atomic E-state index is 11.3. The number of aromatic nitrogens is 2. The zero-order chi connectivity index (χ0) is 11.8.